The predicted octanol–water partition coefficient (Wildman–Crippen LogP) is -0.0779. The van der Waals surface area contributed by atoms with Crippen LogP contribution in [0.1, 0.15) is 10.4 Å². The monoisotopic (exact) mass is 255 g/mol. The van der Waals surface area contributed by atoms with Crippen LogP contribution in [0.4, 0.5) is 0 Å². The third-order valence-corrected chi connectivity index (χ3v) is 2.90. The maximum Gasteiger partial charge on any atom is 0.342 e. The second kappa shape index (κ2) is 5.83. The molecule has 0 amide bonds. The van der Waals surface area contributed by atoms with Crippen molar-refractivity contribution in [3.8, 4) is 5.88 Å². The van der Waals surface area contributed by atoms with Crippen molar-refractivity contribution < 1.29 is 19.4 Å². The number of rotatable bonds is 5. The van der Waals surface area contributed by atoms with Gasteiger partial charge in [0.05, 0.1) is 26.9 Å². The molecule has 100 valence electrons. The Kier molecular flexibility index (Phi) is 4.16. The summed E-state index contributed by atoms with van der Waals surface area (Å²) in [5.41, 5.74) is 0.0967. The first-order valence-corrected chi connectivity index (χ1v) is 5.85. The highest BCUT2D eigenvalue weighted by atomic mass is 16.5. The van der Waals surface area contributed by atoms with Gasteiger partial charge in [-0.2, -0.15) is 0 Å². The molecule has 1 aromatic heterocycles. The molecule has 1 aliphatic heterocycles. The first kappa shape index (κ1) is 12.8. The molecule has 0 aliphatic carbocycles. The number of methoxy groups -OCH3 is 1. The van der Waals surface area contributed by atoms with Crippen LogP contribution in [0.5, 0.6) is 5.88 Å². The Morgan fingerprint density at radius 1 is 1.50 bits per heavy atom. The van der Waals surface area contributed by atoms with Crippen LogP contribution in [-0.2, 0) is 11.3 Å². The van der Waals surface area contributed by atoms with E-state index >= 15 is 0 Å². The molecular weight excluding hydrogens is 238 g/mol. The summed E-state index contributed by atoms with van der Waals surface area (Å²) in [6, 6.07) is 0. The van der Waals surface area contributed by atoms with Gasteiger partial charge in [-0.1, -0.05) is 0 Å². The van der Waals surface area contributed by atoms with Crippen LogP contribution in [0.2, 0.25) is 0 Å². The van der Waals surface area contributed by atoms with E-state index in [9.17, 15) is 4.79 Å². The minimum absolute atomic E-state index is 0.0967. The van der Waals surface area contributed by atoms with Gasteiger partial charge in [0.2, 0.25) is 5.88 Å². The lowest BCUT2D eigenvalue weighted by Crippen LogP contribution is -2.38. The summed E-state index contributed by atoms with van der Waals surface area (Å²) < 4.78 is 11.8. The van der Waals surface area contributed by atoms with E-state index < -0.39 is 5.97 Å². The second-order valence-electron chi connectivity index (χ2n) is 4.07. The zero-order chi connectivity index (χ0) is 13.0. The van der Waals surface area contributed by atoms with Crippen molar-refractivity contribution in [1.82, 2.24) is 14.7 Å². The molecule has 2 rings (SSSR count). The summed E-state index contributed by atoms with van der Waals surface area (Å²) in [5.74, 6) is -0.867. The van der Waals surface area contributed by atoms with Crippen molar-refractivity contribution in [3.63, 3.8) is 0 Å². The van der Waals surface area contributed by atoms with Gasteiger partial charge in [-0.25, -0.2) is 4.79 Å². The number of nitrogens with zero attached hydrogens (tertiary/aromatic N) is 3. The van der Waals surface area contributed by atoms with E-state index in [2.05, 4.69) is 10.00 Å². The van der Waals surface area contributed by atoms with Gasteiger partial charge in [-0.15, -0.1) is 5.10 Å². The SMILES string of the molecule is COc1nn(CCN2CCOCC2)cc1C(=O)O. The minimum Gasteiger partial charge on any atom is -0.479 e. The molecule has 0 unspecified atom stereocenters. The average Bonchev–Trinajstić information content (AvgIpc) is 2.81. The molecule has 18 heavy (non-hydrogen) atoms. The molecular formula is C11H17N3O4. The number of aromatic nitrogens is 2. The van der Waals surface area contributed by atoms with Crippen LogP contribution < -0.4 is 4.74 Å². The van der Waals surface area contributed by atoms with E-state index in [0.717, 1.165) is 32.8 Å². The lowest BCUT2D eigenvalue weighted by Gasteiger charge is -2.26. The zero-order valence-electron chi connectivity index (χ0n) is 10.3. The Morgan fingerprint density at radius 2 is 2.22 bits per heavy atom. The fourth-order valence-corrected chi connectivity index (χ4v) is 1.88. The Bertz CT molecular complexity index is 412. The maximum absolute atomic E-state index is 10.9. The molecule has 2 heterocycles. The quantitative estimate of drug-likeness (QED) is 0.793. The summed E-state index contributed by atoms with van der Waals surface area (Å²) in [6.07, 6.45) is 1.50. The van der Waals surface area contributed by atoms with E-state index in [0.29, 0.717) is 6.54 Å². The molecule has 0 bridgehead atoms. The highest BCUT2D eigenvalue weighted by molar-refractivity contribution is 5.89. The number of carbonyl (C=O) groups is 1. The van der Waals surface area contributed by atoms with Gasteiger partial charge in [-0.3, -0.25) is 9.58 Å². The summed E-state index contributed by atoms with van der Waals surface area (Å²) in [5, 5.41) is 13.1. The van der Waals surface area contributed by atoms with Crippen LogP contribution in [0.25, 0.3) is 0 Å². The first-order valence-electron chi connectivity index (χ1n) is 5.85. The number of aromatic carboxylic acids is 1. The molecule has 1 aromatic rings. The normalized spacial score (nSPS) is 16.7. The fraction of sp³-hybridized carbons (Fsp3) is 0.636. The smallest absolute Gasteiger partial charge is 0.342 e. The van der Waals surface area contributed by atoms with Crippen molar-refractivity contribution in [3.05, 3.63) is 11.8 Å². The number of hydrogen-bond acceptors (Lipinski definition) is 5. The molecule has 0 saturated carbocycles. The Balaban J connectivity index is 1.94. The molecule has 0 aromatic carbocycles. The van der Waals surface area contributed by atoms with Crippen molar-refractivity contribution in [2.75, 3.05) is 40.0 Å². The van der Waals surface area contributed by atoms with Crippen LogP contribution in [0.15, 0.2) is 6.20 Å². The molecule has 0 atom stereocenters. The van der Waals surface area contributed by atoms with E-state index in [1.54, 1.807) is 4.68 Å². The van der Waals surface area contributed by atoms with Gasteiger partial charge >= 0.3 is 5.97 Å². The average molecular weight is 255 g/mol. The van der Waals surface area contributed by atoms with Crippen LogP contribution >= 0.6 is 0 Å². The standard InChI is InChI=1S/C11H17N3O4/c1-17-10-9(11(15)16)8-14(12-10)3-2-13-4-6-18-7-5-13/h8H,2-7H2,1H3,(H,15,16). The largest absolute Gasteiger partial charge is 0.479 e. The van der Waals surface area contributed by atoms with Crippen molar-refractivity contribution in [1.29, 1.82) is 0 Å². The van der Waals surface area contributed by atoms with Gasteiger partial charge in [0.15, 0.2) is 0 Å². The van der Waals surface area contributed by atoms with Gasteiger partial charge < -0.3 is 14.6 Å². The van der Waals surface area contributed by atoms with Gasteiger partial charge in [0, 0.05) is 25.8 Å². The van der Waals surface area contributed by atoms with Crippen LogP contribution in [-0.4, -0.2) is 65.7 Å². The lowest BCUT2D eigenvalue weighted by atomic mass is 10.3. The van der Waals surface area contributed by atoms with E-state index in [1.807, 2.05) is 0 Å². The van der Waals surface area contributed by atoms with E-state index in [4.69, 9.17) is 14.6 Å². The topological polar surface area (TPSA) is 76.8 Å². The molecule has 7 heteroatoms. The molecule has 1 aliphatic rings. The third-order valence-electron chi connectivity index (χ3n) is 2.90. The number of carboxylic acid groups (broad SMARTS) is 1. The maximum atomic E-state index is 10.9. The zero-order valence-corrected chi connectivity index (χ0v) is 10.3. The molecule has 1 N–H and O–H groups in total. The van der Waals surface area contributed by atoms with Crippen molar-refractivity contribution in [2.45, 2.75) is 6.54 Å². The molecule has 0 spiro atoms. The Hall–Kier alpha value is -1.60. The summed E-state index contributed by atoms with van der Waals surface area (Å²) in [4.78, 5) is 13.2. The van der Waals surface area contributed by atoms with Crippen molar-refractivity contribution >= 4 is 5.97 Å². The summed E-state index contributed by atoms with van der Waals surface area (Å²) in [6.45, 7) is 4.79. The fourth-order valence-electron chi connectivity index (χ4n) is 1.88. The summed E-state index contributed by atoms with van der Waals surface area (Å²) in [7, 11) is 1.42. The lowest BCUT2D eigenvalue weighted by molar-refractivity contribution is 0.0359. The third kappa shape index (κ3) is 2.99. The number of ether oxygens (including phenoxy) is 2. The Morgan fingerprint density at radius 3 is 2.78 bits per heavy atom. The number of morpholine rings is 1. The number of hydrogen-bond donors (Lipinski definition) is 1. The summed E-state index contributed by atoms with van der Waals surface area (Å²) >= 11 is 0. The van der Waals surface area contributed by atoms with E-state index in [-0.39, 0.29) is 11.4 Å². The van der Waals surface area contributed by atoms with Gasteiger partial charge in [0.25, 0.3) is 0 Å². The van der Waals surface area contributed by atoms with Gasteiger partial charge in [0.1, 0.15) is 5.56 Å². The second-order valence-corrected chi connectivity index (χ2v) is 4.07. The molecule has 0 radical (unpaired) electrons. The van der Waals surface area contributed by atoms with Crippen molar-refractivity contribution in [2.24, 2.45) is 0 Å². The molecule has 7 nitrogen and oxygen atoms in total. The van der Waals surface area contributed by atoms with Crippen LogP contribution in [0.3, 0.4) is 0 Å². The van der Waals surface area contributed by atoms with E-state index in [1.165, 1.54) is 13.3 Å². The number of carboxylic acids is 1. The first-order chi connectivity index (χ1) is 8.70. The predicted molar refractivity (Wildman–Crippen MR) is 63.0 cm³/mol. The minimum atomic E-state index is -1.02. The Labute approximate surface area is 105 Å². The van der Waals surface area contributed by atoms with Gasteiger partial charge in [-0.05, 0) is 0 Å². The molecule has 1 saturated heterocycles. The highest BCUT2D eigenvalue weighted by Gasteiger charge is 2.16. The highest BCUT2D eigenvalue weighted by Crippen LogP contribution is 2.15. The molecule has 1 fully saturated rings. The van der Waals surface area contributed by atoms with Crippen LogP contribution in [0, 0.1) is 0 Å².